The molecular weight excluding hydrogens is 574 g/mol. The standard InChI is InChI=1S/C34H45N5O6/c1-24-22-25(6-7-30(24)40)23-31(32(41)37-18-16-36(17-19-37)27-11-20-44-21-12-27)45-34(43)38-13-9-28(10-14-38)39-15-8-26-4-2-3-5-29(26)35-33(39)42/h2-7,22,27-28,31,40H,8-21,23H2,1H3,(H,35,42). The van der Waals surface area contributed by atoms with E-state index in [0.717, 1.165) is 62.4 Å². The Balaban J connectivity index is 1.07. The van der Waals surface area contributed by atoms with Gasteiger partial charge >= 0.3 is 12.1 Å². The van der Waals surface area contributed by atoms with Gasteiger partial charge in [-0.2, -0.15) is 0 Å². The van der Waals surface area contributed by atoms with Crippen LogP contribution >= 0.6 is 0 Å². The van der Waals surface area contributed by atoms with Crippen molar-refractivity contribution < 1.29 is 29.0 Å². The molecule has 0 bridgehead atoms. The molecule has 2 aromatic carbocycles. The van der Waals surface area contributed by atoms with Crippen LogP contribution in [0.15, 0.2) is 42.5 Å². The first-order valence-electron chi connectivity index (χ1n) is 16.4. The number of phenolic OH excluding ortho intramolecular Hbond substituents is 1. The minimum absolute atomic E-state index is 0.0211. The second-order valence-electron chi connectivity index (χ2n) is 12.7. The molecule has 2 aromatic rings. The van der Waals surface area contributed by atoms with Gasteiger partial charge in [-0.25, -0.2) is 9.59 Å². The number of piperidine rings is 1. The van der Waals surface area contributed by atoms with Crippen molar-refractivity contribution in [3.63, 3.8) is 0 Å². The number of likely N-dealkylation sites (tertiary alicyclic amines) is 1. The molecule has 45 heavy (non-hydrogen) atoms. The third kappa shape index (κ3) is 7.36. The number of urea groups is 1. The summed E-state index contributed by atoms with van der Waals surface area (Å²) < 4.78 is 11.5. The first-order chi connectivity index (χ1) is 21.9. The predicted octanol–water partition coefficient (Wildman–Crippen LogP) is 3.63. The van der Waals surface area contributed by atoms with Crippen LogP contribution < -0.4 is 5.32 Å². The summed E-state index contributed by atoms with van der Waals surface area (Å²) in [6.07, 6.45) is 2.85. The number of nitrogens with zero attached hydrogens (tertiary/aromatic N) is 4. The van der Waals surface area contributed by atoms with E-state index in [1.165, 1.54) is 0 Å². The molecule has 4 amide bonds. The first kappa shape index (κ1) is 31.2. The van der Waals surface area contributed by atoms with E-state index in [1.807, 2.05) is 47.1 Å². The number of phenols is 1. The summed E-state index contributed by atoms with van der Waals surface area (Å²) in [6, 6.07) is 13.5. The zero-order valence-electron chi connectivity index (χ0n) is 26.2. The van der Waals surface area contributed by atoms with E-state index in [2.05, 4.69) is 10.2 Å². The van der Waals surface area contributed by atoms with Crippen LogP contribution in [-0.4, -0.2) is 120 Å². The van der Waals surface area contributed by atoms with Gasteiger partial charge in [-0.3, -0.25) is 9.69 Å². The number of benzene rings is 2. The third-order valence-electron chi connectivity index (χ3n) is 9.84. The lowest BCUT2D eigenvalue weighted by atomic mass is 10.0. The number of hydrogen-bond donors (Lipinski definition) is 2. The van der Waals surface area contributed by atoms with Gasteiger partial charge in [0.25, 0.3) is 5.91 Å². The van der Waals surface area contributed by atoms with Crippen LogP contribution in [0.25, 0.3) is 0 Å². The van der Waals surface area contributed by atoms with Crippen molar-refractivity contribution in [2.45, 2.75) is 63.6 Å². The zero-order chi connectivity index (χ0) is 31.3. The lowest BCUT2D eigenvalue weighted by Crippen LogP contribution is -2.56. The number of hydrogen-bond acceptors (Lipinski definition) is 7. The van der Waals surface area contributed by atoms with E-state index < -0.39 is 12.2 Å². The largest absolute Gasteiger partial charge is 0.508 e. The first-order valence-corrected chi connectivity index (χ1v) is 16.4. The van der Waals surface area contributed by atoms with Gasteiger partial charge in [0, 0.05) is 83.2 Å². The molecule has 0 aliphatic carbocycles. The minimum Gasteiger partial charge on any atom is -0.508 e. The molecule has 11 heteroatoms. The highest BCUT2D eigenvalue weighted by atomic mass is 16.6. The normalized spacial score (nSPS) is 21.1. The van der Waals surface area contributed by atoms with E-state index in [-0.39, 0.29) is 30.2 Å². The molecular formula is C34H45N5O6. The SMILES string of the molecule is Cc1cc(CC(OC(=O)N2CCC(N3CCc4ccccc4NC3=O)CC2)C(=O)N2CCN(C3CCOCC3)CC2)ccc1O. The fourth-order valence-corrected chi connectivity index (χ4v) is 7.09. The molecule has 0 saturated carbocycles. The number of aryl methyl sites for hydroxylation is 1. The van der Waals surface area contributed by atoms with Crippen LogP contribution in [0.2, 0.25) is 0 Å². The van der Waals surface area contributed by atoms with Crippen molar-refractivity contribution >= 4 is 23.7 Å². The summed E-state index contributed by atoms with van der Waals surface area (Å²) in [5.41, 5.74) is 3.51. The Labute approximate surface area is 265 Å². The summed E-state index contributed by atoms with van der Waals surface area (Å²) in [5.74, 6) is 0.00379. The Bertz CT molecular complexity index is 1360. The number of piperazine rings is 1. The molecule has 4 heterocycles. The van der Waals surface area contributed by atoms with Gasteiger partial charge in [0.1, 0.15) is 5.75 Å². The lowest BCUT2D eigenvalue weighted by molar-refractivity contribution is -0.143. The number of nitrogens with one attached hydrogen (secondary N) is 1. The Kier molecular flexibility index (Phi) is 9.75. The van der Waals surface area contributed by atoms with Crippen LogP contribution in [0.4, 0.5) is 15.3 Å². The van der Waals surface area contributed by atoms with E-state index in [4.69, 9.17) is 9.47 Å². The number of amides is 4. The Hall–Kier alpha value is -3.83. The van der Waals surface area contributed by atoms with Crippen LogP contribution in [0.3, 0.4) is 0 Å². The zero-order valence-corrected chi connectivity index (χ0v) is 26.2. The van der Waals surface area contributed by atoms with Crippen molar-refractivity contribution in [3.05, 3.63) is 59.2 Å². The molecule has 2 N–H and O–H groups in total. The summed E-state index contributed by atoms with van der Waals surface area (Å²) in [5, 5.41) is 13.1. The number of carbonyl (C=O) groups is 3. The van der Waals surface area contributed by atoms with Crippen molar-refractivity contribution in [2.24, 2.45) is 0 Å². The lowest BCUT2D eigenvalue weighted by Gasteiger charge is -2.41. The van der Waals surface area contributed by atoms with E-state index in [0.29, 0.717) is 57.2 Å². The van der Waals surface area contributed by atoms with Crippen molar-refractivity contribution in [3.8, 4) is 5.75 Å². The number of anilines is 1. The molecule has 4 aliphatic heterocycles. The van der Waals surface area contributed by atoms with Gasteiger partial charge in [-0.1, -0.05) is 30.3 Å². The molecule has 242 valence electrons. The van der Waals surface area contributed by atoms with Crippen LogP contribution in [0.1, 0.15) is 42.4 Å². The van der Waals surface area contributed by atoms with Crippen molar-refractivity contribution in [2.75, 3.05) is 64.3 Å². The monoisotopic (exact) mass is 619 g/mol. The quantitative estimate of drug-likeness (QED) is 0.508. The van der Waals surface area contributed by atoms with Gasteiger partial charge in [0.15, 0.2) is 6.10 Å². The number of fused-ring (bicyclic) bond motifs is 1. The van der Waals surface area contributed by atoms with Gasteiger partial charge in [0.05, 0.1) is 0 Å². The highest BCUT2D eigenvalue weighted by Gasteiger charge is 2.36. The molecule has 0 aromatic heterocycles. The number of rotatable bonds is 6. The van der Waals surface area contributed by atoms with Crippen molar-refractivity contribution in [1.29, 1.82) is 0 Å². The maximum atomic E-state index is 13.9. The van der Waals surface area contributed by atoms with E-state index in [1.54, 1.807) is 17.0 Å². The third-order valence-corrected chi connectivity index (χ3v) is 9.84. The second-order valence-corrected chi connectivity index (χ2v) is 12.7. The molecule has 6 rings (SSSR count). The smallest absolute Gasteiger partial charge is 0.410 e. The highest BCUT2D eigenvalue weighted by molar-refractivity contribution is 5.91. The van der Waals surface area contributed by atoms with E-state index >= 15 is 0 Å². The molecule has 1 atom stereocenters. The Morgan fingerprint density at radius 1 is 0.933 bits per heavy atom. The summed E-state index contributed by atoms with van der Waals surface area (Å²) in [4.78, 5) is 48.2. The van der Waals surface area contributed by atoms with Gasteiger partial charge < -0.3 is 34.6 Å². The maximum absolute atomic E-state index is 13.9. The summed E-state index contributed by atoms with van der Waals surface area (Å²) in [7, 11) is 0. The fourth-order valence-electron chi connectivity index (χ4n) is 7.09. The van der Waals surface area contributed by atoms with Gasteiger partial charge in [-0.05, 0) is 67.9 Å². The Morgan fingerprint density at radius 3 is 2.40 bits per heavy atom. The molecule has 3 saturated heterocycles. The predicted molar refractivity (Wildman–Crippen MR) is 169 cm³/mol. The number of para-hydroxylation sites is 1. The topological polar surface area (TPSA) is 115 Å². The molecule has 0 spiro atoms. The maximum Gasteiger partial charge on any atom is 0.410 e. The fraction of sp³-hybridized carbons (Fsp3) is 0.559. The van der Waals surface area contributed by atoms with Gasteiger partial charge in [-0.15, -0.1) is 0 Å². The van der Waals surface area contributed by atoms with E-state index in [9.17, 15) is 19.5 Å². The number of ether oxygens (including phenoxy) is 2. The molecule has 3 fully saturated rings. The summed E-state index contributed by atoms with van der Waals surface area (Å²) >= 11 is 0. The van der Waals surface area contributed by atoms with Gasteiger partial charge in [0.2, 0.25) is 0 Å². The second kappa shape index (κ2) is 14.1. The summed E-state index contributed by atoms with van der Waals surface area (Å²) in [6.45, 7) is 7.66. The molecule has 4 aliphatic rings. The molecule has 11 nitrogen and oxygen atoms in total. The number of aromatic hydroxyl groups is 1. The average molecular weight is 620 g/mol. The van der Waals surface area contributed by atoms with Crippen LogP contribution in [-0.2, 0) is 27.1 Å². The van der Waals surface area contributed by atoms with Crippen LogP contribution in [0.5, 0.6) is 5.75 Å². The molecule has 1 unspecified atom stereocenters. The minimum atomic E-state index is -0.969. The highest BCUT2D eigenvalue weighted by Crippen LogP contribution is 2.26. The van der Waals surface area contributed by atoms with Crippen molar-refractivity contribution in [1.82, 2.24) is 19.6 Å². The number of carbonyl (C=O) groups excluding carboxylic acids is 3. The molecule has 0 radical (unpaired) electrons. The Morgan fingerprint density at radius 2 is 1.67 bits per heavy atom. The van der Waals surface area contributed by atoms with Crippen LogP contribution in [0, 0.1) is 6.92 Å². The average Bonchev–Trinajstić information content (AvgIpc) is 3.24.